The van der Waals surface area contributed by atoms with Gasteiger partial charge in [0.1, 0.15) is 0 Å². The highest BCUT2D eigenvalue weighted by Gasteiger charge is 2.29. The fraction of sp³-hybridized carbons (Fsp3) is 0.833. The summed E-state index contributed by atoms with van der Waals surface area (Å²) in [6, 6.07) is 0. The molecule has 0 amide bonds. The van der Waals surface area contributed by atoms with Crippen LogP contribution in [0.3, 0.4) is 0 Å². The van der Waals surface area contributed by atoms with E-state index in [2.05, 4.69) is 38.7 Å². The van der Waals surface area contributed by atoms with Crippen LogP contribution < -0.4 is 0 Å². The van der Waals surface area contributed by atoms with E-state index in [0.717, 1.165) is 12.8 Å². The molecule has 0 saturated heterocycles. The Morgan fingerprint density at radius 1 is 1.29 bits per heavy atom. The fourth-order valence-electron chi connectivity index (χ4n) is 1.79. The molecule has 0 aromatic carbocycles. The summed E-state index contributed by atoms with van der Waals surface area (Å²) in [5, 5.41) is 10.1. The molecule has 0 fully saturated rings. The SMILES string of the molecule is C/C=C\[C@@H]([C@H](O)CCCC)[Si](C)(C)C. The van der Waals surface area contributed by atoms with Crippen molar-refractivity contribution in [1.29, 1.82) is 0 Å². The lowest BCUT2D eigenvalue weighted by Crippen LogP contribution is -2.35. The van der Waals surface area contributed by atoms with E-state index in [-0.39, 0.29) is 6.10 Å². The number of hydrogen-bond acceptors (Lipinski definition) is 1. The Balaban J connectivity index is 4.34. The van der Waals surface area contributed by atoms with Crippen LogP contribution in [0.5, 0.6) is 0 Å². The van der Waals surface area contributed by atoms with Gasteiger partial charge in [-0.2, -0.15) is 0 Å². The monoisotopic (exact) mass is 214 g/mol. The van der Waals surface area contributed by atoms with Crippen LogP contribution >= 0.6 is 0 Å². The maximum Gasteiger partial charge on any atom is 0.0578 e. The van der Waals surface area contributed by atoms with E-state index in [1.807, 2.05) is 6.92 Å². The van der Waals surface area contributed by atoms with Crippen molar-refractivity contribution in [3.05, 3.63) is 12.2 Å². The van der Waals surface area contributed by atoms with Crippen LogP contribution in [0.4, 0.5) is 0 Å². The smallest absolute Gasteiger partial charge is 0.0578 e. The normalized spacial score (nSPS) is 17.3. The maximum atomic E-state index is 10.1. The summed E-state index contributed by atoms with van der Waals surface area (Å²) < 4.78 is 0. The molecule has 0 spiro atoms. The fourth-order valence-corrected chi connectivity index (χ4v) is 3.89. The first-order chi connectivity index (χ1) is 6.43. The number of unbranched alkanes of at least 4 members (excludes halogenated alkanes) is 1. The van der Waals surface area contributed by atoms with E-state index in [0.29, 0.717) is 5.54 Å². The maximum absolute atomic E-state index is 10.1. The molecule has 1 N–H and O–H groups in total. The third-order valence-corrected chi connectivity index (χ3v) is 5.24. The summed E-state index contributed by atoms with van der Waals surface area (Å²) in [6.45, 7) is 11.2. The lowest BCUT2D eigenvalue weighted by molar-refractivity contribution is 0.162. The zero-order valence-corrected chi connectivity index (χ0v) is 11.4. The van der Waals surface area contributed by atoms with Crippen molar-refractivity contribution in [2.24, 2.45) is 0 Å². The third-order valence-electron chi connectivity index (χ3n) is 2.67. The number of hydrogen-bond donors (Lipinski definition) is 1. The zero-order chi connectivity index (χ0) is 11.2. The van der Waals surface area contributed by atoms with Crippen molar-refractivity contribution in [2.45, 2.75) is 64.4 Å². The second-order valence-electron chi connectivity index (χ2n) is 5.13. The highest BCUT2D eigenvalue weighted by molar-refractivity contribution is 6.78. The Bertz CT molecular complexity index is 170. The first kappa shape index (κ1) is 13.9. The predicted molar refractivity (Wildman–Crippen MR) is 67.4 cm³/mol. The first-order valence-corrected chi connectivity index (χ1v) is 9.32. The second kappa shape index (κ2) is 6.41. The Labute approximate surface area is 90.2 Å². The minimum Gasteiger partial charge on any atom is -0.393 e. The topological polar surface area (TPSA) is 20.2 Å². The lowest BCUT2D eigenvalue weighted by atomic mass is 10.1. The van der Waals surface area contributed by atoms with Crippen LogP contribution in [0.2, 0.25) is 25.2 Å². The Morgan fingerprint density at radius 3 is 2.21 bits per heavy atom. The van der Waals surface area contributed by atoms with Gasteiger partial charge in [0.2, 0.25) is 0 Å². The molecule has 0 rings (SSSR count). The van der Waals surface area contributed by atoms with Crippen molar-refractivity contribution in [3.63, 3.8) is 0 Å². The van der Waals surface area contributed by atoms with E-state index in [1.54, 1.807) is 0 Å². The molecule has 2 heteroatoms. The van der Waals surface area contributed by atoms with Gasteiger partial charge < -0.3 is 5.11 Å². The van der Waals surface area contributed by atoms with Crippen LogP contribution in [0.25, 0.3) is 0 Å². The molecular formula is C12H26OSi. The van der Waals surface area contributed by atoms with Gasteiger partial charge in [-0.15, -0.1) is 0 Å². The number of rotatable bonds is 6. The van der Waals surface area contributed by atoms with E-state index < -0.39 is 8.07 Å². The van der Waals surface area contributed by atoms with Crippen LogP contribution in [-0.4, -0.2) is 19.3 Å². The summed E-state index contributed by atoms with van der Waals surface area (Å²) in [6.07, 6.45) is 7.42. The Hall–Kier alpha value is -0.0831. The summed E-state index contributed by atoms with van der Waals surface area (Å²) in [5.41, 5.74) is 0.416. The largest absolute Gasteiger partial charge is 0.393 e. The molecule has 0 heterocycles. The van der Waals surface area contributed by atoms with Crippen LogP contribution in [0.15, 0.2) is 12.2 Å². The molecule has 0 radical (unpaired) electrons. The first-order valence-electron chi connectivity index (χ1n) is 5.74. The lowest BCUT2D eigenvalue weighted by Gasteiger charge is -2.30. The Kier molecular flexibility index (Phi) is 6.37. The molecule has 0 bridgehead atoms. The van der Waals surface area contributed by atoms with E-state index >= 15 is 0 Å². The minimum atomic E-state index is -1.26. The number of allylic oxidation sites excluding steroid dienone is 1. The van der Waals surface area contributed by atoms with Crippen LogP contribution in [0.1, 0.15) is 33.1 Å². The average Bonchev–Trinajstić information content (AvgIpc) is 2.08. The molecule has 0 aromatic heterocycles. The minimum absolute atomic E-state index is 0.127. The molecular weight excluding hydrogens is 188 g/mol. The quantitative estimate of drug-likeness (QED) is 0.526. The molecule has 1 nitrogen and oxygen atoms in total. The predicted octanol–water partition coefficient (Wildman–Crippen LogP) is 3.82. The Morgan fingerprint density at radius 2 is 1.86 bits per heavy atom. The highest BCUT2D eigenvalue weighted by Crippen LogP contribution is 2.29. The molecule has 0 saturated carbocycles. The van der Waals surface area contributed by atoms with Crippen molar-refractivity contribution in [3.8, 4) is 0 Å². The summed E-state index contributed by atoms with van der Waals surface area (Å²) in [4.78, 5) is 0. The molecule has 2 atom stereocenters. The standard InChI is InChI=1S/C12H26OSi/c1-6-8-10-11(13)12(9-7-2)14(3,4)5/h7,9,11-13H,6,8,10H2,1-5H3/b9-7-/t11-,12+/m1/s1. The zero-order valence-electron chi connectivity index (χ0n) is 10.4. The van der Waals surface area contributed by atoms with Gasteiger partial charge in [0, 0.05) is 0 Å². The molecule has 14 heavy (non-hydrogen) atoms. The average molecular weight is 214 g/mol. The number of aliphatic hydroxyl groups excluding tert-OH is 1. The van der Waals surface area contributed by atoms with Crippen molar-refractivity contribution in [1.82, 2.24) is 0 Å². The van der Waals surface area contributed by atoms with E-state index in [4.69, 9.17) is 0 Å². The third kappa shape index (κ3) is 4.96. The van der Waals surface area contributed by atoms with Gasteiger partial charge in [0.15, 0.2) is 0 Å². The highest BCUT2D eigenvalue weighted by atomic mass is 28.3. The van der Waals surface area contributed by atoms with Gasteiger partial charge in [0.05, 0.1) is 14.2 Å². The van der Waals surface area contributed by atoms with Crippen LogP contribution in [0, 0.1) is 0 Å². The number of aliphatic hydroxyl groups is 1. The van der Waals surface area contributed by atoms with Crippen molar-refractivity contribution >= 4 is 8.07 Å². The van der Waals surface area contributed by atoms with E-state index in [1.165, 1.54) is 6.42 Å². The van der Waals surface area contributed by atoms with Gasteiger partial charge in [-0.05, 0) is 18.9 Å². The van der Waals surface area contributed by atoms with E-state index in [9.17, 15) is 5.11 Å². The van der Waals surface area contributed by atoms with Gasteiger partial charge in [-0.1, -0.05) is 51.6 Å². The van der Waals surface area contributed by atoms with Gasteiger partial charge >= 0.3 is 0 Å². The molecule has 0 aromatic rings. The summed E-state index contributed by atoms with van der Waals surface area (Å²) >= 11 is 0. The van der Waals surface area contributed by atoms with Gasteiger partial charge in [-0.3, -0.25) is 0 Å². The summed E-state index contributed by atoms with van der Waals surface area (Å²) in [7, 11) is -1.26. The molecule has 0 aliphatic rings. The van der Waals surface area contributed by atoms with Gasteiger partial charge in [0.25, 0.3) is 0 Å². The summed E-state index contributed by atoms with van der Waals surface area (Å²) in [5.74, 6) is 0. The molecule has 0 aliphatic heterocycles. The van der Waals surface area contributed by atoms with Crippen molar-refractivity contribution in [2.75, 3.05) is 0 Å². The van der Waals surface area contributed by atoms with Crippen molar-refractivity contribution < 1.29 is 5.11 Å². The molecule has 0 unspecified atom stereocenters. The molecule has 0 aliphatic carbocycles. The van der Waals surface area contributed by atoms with Gasteiger partial charge in [-0.25, -0.2) is 0 Å². The van der Waals surface area contributed by atoms with Crippen LogP contribution in [-0.2, 0) is 0 Å². The second-order valence-corrected chi connectivity index (χ2v) is 10.5. The molecule has 84 valence electrons.